The second-order valence-corrected chi connectivity index (χ2v) is 5.96. The maximum absolute atomic E-state index is 6.06. The third-order valence-corrected chi connectivity index (χ3v) is 4.53. The van der Waals surface area contributed by atoms with Crippen LogP contribution in [0.25, 0.3) is 0 Å². The highest BCUT2D eigenvalue weighted by molar-refractivity contribution is 8.00. The van der Waals surface area contributed by atoms with Gasteiger partial charge in [-0.3, -0.25) is 0 Å². The zero-order valence-electron chi connectivity index (χ0n) is 8.83. The molecule has 0 amide bonds. The molecule has 2 N–H and O–H groups in total. The average Bonchev–Trinajstić information content (AvgIpc) is 2.21. The molecule has 1 aromatic rings. The predicted molar refractivity (Wildman–Crippen MR) is 74.2 cm³/mol. The van der Waals surface area contributed by atoms with Crippen molar-refractivity contribution < 1.29 is 0 Å². The lowest BCUT2D eigenvalue weighted by molar-refractivity contribution is 1.12. The predicted octanol–water partition coefficient (Wildman–Crippen LogP) is 4.16. The van der Waals surface area contributed by atoms with Crippen LogP contribution in [0.4, 0.5) is 5.69 Å². The number of hydrogen-bond donors (Lipinski definition) is 1. The molecule has 1 rings (SSSR count). The second-order valence-electron chi connectivity index (χ2n) is 3.06. The van der Waals surface area contributed by atoms with Crippen molar-refractivity contribution in [2.75, 3.05) is 23.0 Å². The number of nitrogens with two attached hydrogens (primary N) is 1. The van der Waals surface area contributed by atoms with Crippen LogP contribution < -0.4 is 5.73 Å². The number of thioether (sulfide) groups is 2. The third-order valence-electron chi connectivity index (χ3n) is 1.88. The number of benzene rings is 1. The Labute approximate surface area is 105 Å². The fourth-order valence-corrected chi connectivity index (χ4v) is 3.26. The van der Waals surface area contributed by atoms with Crippen molar-refractivity contribution in [1.82, 2.24) is 0 Å². The van der Waals surface area contributed by atoms with E-state index in [2.05, 4.69) is 6.92 Å². The monoisotopic (exact) mass is 261 g/mol. The Balaban J connectivity index is 2.37. The standard InChI is InChI=1S/C11H16ClNS2/c1-2-14-7-4-8-15-11-9(12)5-3-6-10(11)13/h3,5-6H,2,4,7-8,13H2,1H3. The first-order chi connectivity index (χ1) is 7.25. The lowest BCUT2D eigenvalue weighted by Crippen LogP contribution is -1.91. The summed E-state index contributed by atoms with van der Waals surface area (Å²) in [5.74, 6) is 3.49. The van der Waals surface area contributed by atoms with Crippen molar-refractivity contribution in [3.8, 4) is 0 Å². The maximum Gasteiger partial charge on any atom is 0.0562 e. The van der Waals surface area contributed by atoms with Crippen LogP contribution in [0.2, 0.25) is 5.02 Å². The van der Waals surface area contributed by atoms with Gasteiger partial charge in [0.25, 0.3) is 0 Å². The zero-order chi connectivity index (χ0) is 11.1. The molecule has 0 aromatic heterocycles. The van der Waals surface area contributed by atoms with E-state index >= 15 is 0 Å². The smallest absolute Gasteiger partial charge is 0.0562 e. The Kier molecular flexibility index (Phi) is 6.37. The molecule has 15 heavy (non-hydrogen) atoms. The van der Waals surface area contributed by atoms with Gasteiger partial charge in [-0.05, 0) is 35.8 Å². The molecule has 0 radical (unpaired) electrons. The lowest BCUT2D eigenvalue weighted by atomic mass is 10.3. The van der Waals surface area contributed by atoms with Gasteiger partial charge in [-0.2, -0.15) is 11.8 Å². The van der Waals surface area contributed by atoms with Crippen molar-refractivity contribution in [3.63, 3.8) is 0 Å². The highest BCUT2D eigenvalue weighted by Crippen LogP contribution is 2.32. The molecule has 4 heteroatoms. The van der Waals surface area contributed by atoms with E-state index in [1.54, 1.807) is 11.8 Å². The quantitative estimate of drug-likeness (QED) is 0.473. The van der Waals surface area contributed by atoms with E-state index in [9.17, 15) is 0 Å². The topological polar surface area (TPSA) is 26.0 Å². The first kappa shape index (κ1) is 13.1. The summed E-state index contributed by atoms with van der Waals surface area (Å²) >= 11 is 9.79. The summed E-state index contributed by atoms with van der Waals surface area (Å²) in [6.07, 6.45) is 1.20. The minimum atomic E-state index is 0.767. The molecule has 0 aliphatic rings. The molecule has 84 valence electrons. The second kappa shape index (κ2) is 7.31. The van der Waals surface area contributed by atoms with Crippen LogP contribution in [0.1, 0.15) is 13.3 Å². The SMILES string of the molecule is CCSCCCSc1c(N)cccc1Cl. The molecule has 1 nitrogen and oxygen atoms in total. The molecule has 0 aliphatic carbocycles. The van der Waals surface area contributed by atoms with Gasteiger partial charge in [0, 0.05) is 10.6 Å². The number of hydrogen-bond acceptors (Lipinski definition) is 3. The van der Waals surface area contributed by atoms with Crippen LogP contribution >= 0.6 is 35.1 Å². The van der Waals surface area contributed by atoms with Gasteiger partial charge < -0.3 is 5.73 Å². The summed E-state index contributed by atoms with van der Waals surface area (Å²) in [5.41, 5.74) is 6.64. The van der Waals surface area contributed by atoms with Gasteiger partial charge in [0.2, 0.25) is 0 Å². The van der Waals surface area contributed by atoms with E-state index in [1.807, 2.05) is 30.0 Å². The minimum absolute atomic E-state index is 0.767. The van der Waals surface area contributed by atoms with Crippen molar-refractivity contribution in [1.29, 1.82) is 0 Å². The zero-order valence-corrected chi connectivity index (χ0v) is 11.2. The first-order valence-corrected chi connectivity index (χ1v) is 7.52. The van der Waals surface area contributed by atoms with Gasteiger partial charge in [0.1, 0.15) is 0 Å². The van der Waals surface area contributed by atoms with Crippen molar-refractivity contribution in [2.45, 2.75) is 18.2 Å². The summed E-state index contributed by atoms with van der Waals surface area (Å²) in [6, 6.07) is 5.67. The van der Waals surface area contributed by atoms with Crippen molar-refractivity contribution in [3.05, 3.63) is 23.2 Å². The summed E-state index contributed by atoms with van der Waals surface area (Å²) in [6.45, 7) is 2.18. The Morgan fingerprint density at radius 1 is 1.33 bits per heavy atom. The van der Waals surface area contributed by atoms with E-state index in [0.717, 1.165) is 21.4 Å². The first-order valence-electron chi connectivity index (χ1n) is 5.00. The average molecular weight is 262 g/mol. The number of nitrogen functional groups attached to an aromatic ring is 1. The van der Waals surface area contributed by atoms with Crippen LogP contribution in [0.3, 0.4) is 0 Å². The van der Waals surface area contributed by atoms with Crippen molar-refractivity contribution in [2.24, 2.45) is 0 Å². The van der Waals surface area contributed by atoms with Gasteiger partial charge in [-0.25, -0.2) is 0 Å². The van der Waals surface area contributed by atoms with E-state index < -0.39 is 0 Å². The van der Waals surface area contributed by atoms with Gasteiger partial charge in [-0.15, -0.1) is 11.8 Å². The third kappa shape index (κ3) is 4.58. The highest BCUT2D eigenvalue weighted by atomic mass is 35.5. The molecule has 0 saturated heterocycles. The Hall–Kier alpha value is 0.01000. The van der Waals surface area contributed by atoms with E-state index in [0.29, 0.717) is 0 Å². The number of halogens is 1. The van der Waals surface area contributed by atoms with Crippen LogP contribution in [-0.4, -0.2) is 17.3 Å². The summed E-state index contributed by atoms with van der Waals surface area (Å²) in [4.78, 5) is 1.03. The molecule has 0 atom stereocenters. The Morgan fingerprint density at radius 3 is 2.80 bits per heavy atom. The van der Waals surface area contributed by atoms with Crippen molar-refractivity contribution >= 4 is 40.8 Å². The van der Waals surface area contributed by atoms with Gasteiger partial charge in [-0.1, -0.05) is 24.6 Å². The fraction of sp³-hybridized carbons (Fsp3) is 0.455. The Morgan fingerprint density at radius 2 is 2.13 bits per heavy atom. The largest absolute Gasteiger partial charge is 0.398 e. The summed E-state index contributed by atoms with van der Waals surface area (Å²) in [7, 11) is 0. The van der Waals surface area contributed by atoms with Gasteiger partial charge in [0.15, 0.2) is 0 Å². The summed E-state index contributed by atoms with van der Waals surface area (Å²) < 4.78 is 0. The normalized spacial score (nSPS) is 10.5. The molecule has 0 bridgehead atoms. The molecule has 0 fully saturated rings. The minimum Gasteiger partial charge on any atom is -0.398 e. The summed E-state index contributed by atoms with van der Waals surface area (Å²) in [5, 5.41) is 0.767. The van der Waals surface area contributed by atoms with E-state index in [4.69, 9.17) is 17.3 Å². The molecule has 0 heterocycles. The molecule has 1 aromatic carbocycles. The lowest BCUT2D eigenvalue weighted by Gasteiger charge is -2.06. The van der Waals surface area contributed by atoms with Gasteiger partial charge in [0.05, 0.1) is 5.02 Å². The van der Waals surface area contributed by atoms with Crippen LogP contribution in [0.5, 0.6) is 0 Å². The molecule has 0 aliphatic heterocycles. The van der Waals surface area contributed by atoms with Crippen LogP contribution in [-0.2, 0) is 0 Å². The molecule has 0 saturated carbocycles. The highest BCUT2D eigenvalue weighted by Gasteiger charge is 2.04. The maximum atomic E-state index is 6.06. The number of rotatable bonds is 6. The van der Waals surface area contributed by atoms with Crippen LogP contribution in [0, 0.1) is 0 Å². The van der Waals surface area contributed by atoms with E-state index in [1.165, 1.54) is 17.9 Å². The molecule has 0 unspecified atom stereocenters. The Bertz CT molecular complexity index is 284. The molecular weight excluding hydrogens is 246 g/mol. The molecular formula is C11H16ClNS2. The fourth-order valence-electron chi connectivity index (χ4n) is 1.16. The van der Waals surface area contributed by atoms with Gasteiger partial charge >= 0.3 is 0 Å². The molecule has 0 spiro atoms. The van der Waals surface area contributed by atoms with E-state index in [-0.39, 0.29) is 0 Å². The number of anilines is 1. The van der Waals surface area contributed by atoms with Crippen LogP contribution in [0.15, 0.2) is 23.1 Å².